The first-order valence-electron chi connectivity index (χ1n) is 8.20. The van der Waals surface area contributed by atoms with E-state index in [1.54, 1.807) is 11.3 Å². The lowest BCUT2D eigenvalue weighted by molar-refractivity contribution is 0.000541. The minimum absolute atomic E-state index is 0.205. The van der Waals surface area contributed by atoms with Crippen LogP contribution < -0.4 is 0 Å². The molecule has 0 bridgehead atoms. The Bertz CT molecular complexity index is 589. The standard InChI is InChI=1S/C17H24N2O3S/c1-13-16(18-17(22-13)14-5-10-23-12-14)11-19-6-3-15(4-7-19)21-9-2-8-20/h5,10,12,15,20H,2-4,6-9,11H2,1H3. The number of thiophene rings is 1. The third-order valence-electron chi connectivity index (χ3n) is 4.22. The van der Waals surface area contributed by atoms with E-state index in [0.717, 1.165) is 61.8 Å². The van der Waals surface area contributed by atoms with Gasteiger partial charge in [-0.15, -0.1) is 0 Å². The van der Waals surface area contributed by atoms with Crippen LogP contribution in [0.5, 0.6) is 0 Å². The molecule has 1 fully saturated rings. The van der Waals surface area contributed by atoms with E-state index < -0.39 is 0 Å². The van der Waals surface area contributed by atoms with Gasteiger partial charge in [-0.2, -0.15) is 11.3 Å². The smallest absolute Gasteiger partial charge is 0.227 e. The topological polar surface area (TPSA) is 58.7 Å². The second-order valence-electron chi connectivity index (χ2n) is 5.96. The van der Waals surface area contributed by atoms with E-state index in [4.69, 9.17) is 14.3 Å². The van der Waals surface area contributed by atoms with Crippen LogP contribution in [0.25, 0.3) is 11.5 Å². The Morgan fingerprint density at radius 2 is 2.26 bits per heavy atom. The van der Waals surface area contributed by atoms with Crippen LogP contribution in [0.1, 0.15) is 30.7 Å². The minimum Gasteiger partial charge on any atom is -0.441 e. The van der Waals surface area contributed by atoms with Gasteiger partial charge in [0.25, 0.3) is 0 Å². The number of aromatic nitrogens is 1. The first-order valence-corrected chi connectivity index (χ1v) is 9.14. The summed E-state index contributed by atoms with van der Waals surface area (Å²) in [6.45, 7) is 5.73. The lowest BCUT2D eigenvalue weighted by Gasteiger charge is -2.31. The zero-order valence-corrected chi connectivity index (χ0v) is 14.3. The molecule has 1 N–H and O–H groups in total. The molecule has 0 amide bonds. The molecule has 1 aliphatic rings. The van der Waals surface area contributed by atoms with Crippen LogP contribution in [0.3, 0.4) is 0 Å². The fraction of sp³-hybridized carbons (Fsp3) is 0.588. The van der Waals surface area contributed by atoms with Gasteiger partial charge in [0.05, 0.1) is 11.8 Å². The van der Waals surface area contributed by atoms with Gasteiger partial charge in [0.15, 0.2) is 0 Å². The maximum Gasteiger partial charge on any atom is 0.227 e. The summed E-state index contributed by atoms with van der Waals surface area (Å²) in [4.78, 5) is 7.08. The molecule has 5 nitrogen and oxygen atoms in total. The van der Waals surface area contributed by atoms with Crippen molar-refractivity contribution in [2.75, 3.05) is 26.3 Å². The van der Waals surface area contributed by atoms with Crippen molar-refractivity contribution in [3.05, 3.63) is 28.3 Å². The van der Waals surface area contributed by atoms with Crippen LogP contribution >= 0.6 is 11.3 Å². The monoisotopic (exact) mass is 336 g/mol. The fourth-order valence-electron chi connectivity index (χ4n) is 2.84. The Kier molecular flexibility index (Phi) is 5.83. The van der Waals surface area contributed by atoms with E-state index in [1.807, 2.05) is 18.4 Å². The van der Waals surface area contributed by atoms with Gasteiger partial charge in [-0.1, -0.05) is 0 Å². The SMILES string of the molecule is Cc1oc(-c2ccsc2)nc1CN1CCC(OCCCO)CC1. The summed E-state index contributed by atoms with van der Waals surface area (Å²) in [6.07, 6.45) is 3.14. The summed E-state index contributed by atoms with van der Waals surface area (Å²) in [5, 5.41) is 12.9. The first-order chi connectivity index (χ1) is 11.3. The molecule has 3 heterocycles. The highest BCUT2D eigenvalue weighted by atomic mass is 32.1. The van der Waals surface area contributed by atoms with Crippen molar-refractivity contribution in [3.8, 4) is 11.5 Å². The van der Waals surface area contributed by atoms with Gasteiger partial charge in [-0.25, -0.2) is 4.98 Å². The summed E-state index contributed by atoms with van der Waals surface area (Å²) in [5.74, 6) is 1.63. The molecule has 126 valence electrons. The number of aryl methyl sites for hydroxylation is 1. The van der Waals surface area contributed by atoms with Crippen molar-refractivity contribution in [1.29, 1.82) is 0 Å². The Labute approximate surface area is 140 Å². The molecule has 0 spiro atoms. The van der Waals surface area contributed by atoms with Crippen LogP contribution in [-0.2, 0) is 11.3 Å². The van der Waals surface area contributed by atoms with E-state index in [2.05, 4.69) is 15.3 Å². The number of aliphatic hydroxyl groups excluding tert-OH is 1. The van der Waals surface area contributed by atoms with Crippen LogP contribution in [0.2, 0.25) is 0 Å². The van der Waals surface area contributed by atoms with Crippen molar-refractivity contribution in [3.63, 3.8) is 0 Å². The number of ether oxygens (including phenoxy) is 1. The molecule has 0 saturated carbocycles. The Hall–Kier alpha value is -1.21. The zero-order chi connectivity index (χ0) is 16.1. The molecule has 1 saturated heterocycles. The molecule has 0 aromatic carbocycles. The zero-order valence-electron chi connectivity index (χ0n) is 13.5. The van der Waals surface area contributed by atoms with Crippen molar-refractivity contribution in [1.82, 2.24) is 9.88 Å². The largest absolute Gasteiger partial charge is 0.441 e. The van der Waals surface area contributed by atoms with Gasteiger partial charge < -0.3 is 14.3 Å². The number of nitrogens with zero attached hydrogens (tertiary/aromatic N) is 2. The molecule has 2 aromatic rings. The molecule has 0 atom stereocenters. The number of likely N-dealkylation sites (tertiary alicyclic amines) is 1. The summed E-state index contributed by atoms with van der Waals surface area (Å²) >= 11 is 1.65. The van der Waals surface area contributed by atoms with E-state index in [9.17, 15) is 0 Å². The average Bonchev–Trinajstić information content (AvgIpc) is 3.20. The van der Waals surface area contributed by atoms with Crippen LogP contribution in [0, 0.1) is 6.92 Å². The summed E-state index contributed by atoms with van der Waals surface area (Å²) < 4.78 is 11.6. The lowest BCUT2D eigenvalue weighted by Crippen LogP contribution is -2.37. The molecular weight excluding hydrogens is 312 g/mol. The first kappa shape index (κ1) is 16.6. The van der Waals surface area contributed by atoms with Gasteiger partial charge >= 0.3 is 0 Å². The third-order valence-corrected chi connectivity index (χ3v) is 4.91. The molecule has 2 aromatic heterocycles. The number of hydrogen-bond donors (Lipinski definition) is 1. The quantitative estimate of drug-likeness (QED) is 0.788. The van der Waals surface area contributed by atoms with E-state index in [-0.39, 0.29) is 6.61 Å². The summed E-state index contributed by atoms with van der Waals surface area (Å²) in [7, 11) is 0. The van der Waals surface area contributed by atoms with Crippen LogP contribution in [0.15, 0.2) is 21.2 Å². The molecule has 6 heteroatoms. The number of rotatable bonds is 7. The van der Waals surface area contributed by atoms with Crippen molar-refractivity contribution >= 4 is 11.3 Å². The predicted octanol–water partition coefficient (Wildman–Crippen LogP) is 3.07. The van der Waals surface area contributed by atoms with Crippen LogP contribution in [0.4, 0.5) is 0 Å². The lowest BCUT2D eigenvalue weighted by atomic mass is 10.1. The summed E-state index contributed by atoms with van der Waals surface area (Å²) in [5.41, 5.74) is 2.09. The van der Waals surface area contributed by atoms with E-state index in [0.29, 0.717) is 12.7 Å². The predicted molar refractivity (Wildman–Crippen MR) is 90.5 cm³/mol. The molecular formula is C17H24N2O3S. The van der Waals surface area contributed by atoms with Gasteiger partial charge in [0.1, 0.15) is 5.76 Å². The van der Waals surface area contributed by atoms with Crippen molar-refractivity contribution in [2.45, 2.75) is 38.8 Å². The number of piperidine rings is 1. The van der Waals surface area contributed by atoms with Crippen molar-refractivity contribution in [2.24, 2.45) is 0 Å². The normalized spacial score (nSPS) is 17.0. The third kappa shape index (κ3) is 4.41. The Balaban J connectivity index is 1.51. The second kappa shape index (κ2) is 8.06. The molecule has 23 heavy (non-hydrogen) atoms. The van der Waals surface area contributed by atoms with E-state index >= 15 is 0 Å². The molecule has 1 aliphatic heterocycles. The molecule has 3 rings (SSSR count). The number of aliphatic hydroxyl groups is 1. The number of hydrogen-bond acceptors (Lipinski definition) is 6. The maximum absolute atomic E-state index is 8.79. The molecule has 0 radical (unpaired) electrons. The number of oxazole rings is 1. The highest BCUT2D eigenvalue weighted by molar-refractivity contribution is 7.08. The summed E-state index contributed by atoms with van der Waals surface area (Å²) in [6, 6.07) is 2.04. The van der Waals surface area contributed by atoms with Crippen molar-refractivity contribution < 1.29 is 14.3 Å². The Morgan fingerprint density at radius 3 is 2.96 bits per heavy atom. The van der Waals surface area contributed by atoms with Gasteiger partial charge in [-0.3, -0.25) is 4.90 Å². The molecule has 0 unspecified atom stereocenters. The Morgan fingerprint density at radius 1 is 1.43 bits per heavy atom. The minimum atomic E-state index is 0.205. The average molecular weight is 336 g/mol. The fourth-order valence-corrected chi connectivity index (χ4v) is 3.47. The maximum atomic E-state index is 8.79. The van der Waals surface area contributed by atoms with Gasteiger partial charge in [-0.05, 0) is 37.6 Å². The highest BCUT2D eigenvalue weighted by Crippen LogP contribution is 2.25. The van der Waals surface area contributed by atoms with Gasteiger partial charge in [0.2, 0.25) is 5.89 Å². The van der Waals surface area contributed by atoms with Crippen LogP contribution in [-0.4, -0.2) is 47.4 Å². The van der Waals surface area contributed by atoms with E-state index in [1.165, 1.54) is 0 Å². The highest BCUT2D eigenvalue weighted by Gasteiger charge is 2.22. The molecule has 0 aliphatic carbocycles. The second-order valence-corrected chi connectivity index (χ2v) is 6.74. The van der Waals surface area contributed by atoms with Gasteiger partial charge in [0, 0.05) is 43.8 Å².